The molecule has 11 heteroatoms. The summed E-state index contributed by atoms with van der Waals surface area (Å²) in [6.07, 6.45) is 0.815. The number of benzene rings is 1. The number of piperidine rings is 1. The van der Waals surface area contributed by atoms with E-state index >= 15 is 0 Å². The lowest BCUT2D eigenvalue weighted by molar-refractivity contribution is 0.0202. The molecule has 2 rings (SSSR count). The van der Waals surface area contributed by atoms with Gasteiger partial charge in [-0.2, -0.15) is 8.42 Å². The van der Waals surface area contributed by atoms with Crippen LogP contribution in [0.3, 0.4) is 0 Å². The molecule has 9 nitrogen and oxygen atoms in total. The van der Waals surface area contributed by atoms with Gasteiger partial charge >= 0.3 is 22.6 Å². The summed E-state index contributed by atoms with van der Waals surface area (Å²) in [6, 6.07) is 4.65. The summed E-state index contributed by atoms with van der Waals surface area (Å²) in [4.78, 5) is 25.7. The summed E-state index contributed by atoms with van der Waals surface area (Å²) in [5.41, 5.74) is -0.173. The molecule has 1 aliphatic heterocycles. The van der Waals surface area contributed by atoms with Crippen LogP contribution in [0, 0.1) is 0 Å². The standard InChI is InChI=1S/C17H24FN3O6S/c1-17(2,3)26-16(23)21-10-8-13(9-11-21)20-15(22)19-12-4-6-14(7-5-12)27-28(18,24)25/h4-7,13H,8-11H2,1-3H3,(H2,19,20,22). The van der Waals surface area contributed by atoms with Crippen LogP contribution in [0.15, 0.2) is 24.3 Å². The van der Waals surface area contributed by atoms with Crippen molar-refractivity contribution in [3.8, 4) is 5.75 Å². The summed E-state index contributed by atoms with van der Waals surface area (Å²) >= 11 is 0. The number of carbonyl (C=O) groups is 2. The molecular weight excluding hydrogens is 393 g/mol. The Kier molecular flexibility index (Phi) is 6.70. The number of nitrogens with zero attached hydrogens (tertiary/aromatic N) is 1. The van der Waals surface area contributed by atoms with E-state index in [2.05, 4.69) is 14.8 Å². The number of halogens is 1. The first-order valence-electron chi connectivity index (χ1n) is 8.71. The summed E-state index contributed by atoms with van der Waals surface area (Å²) < 4.78 is 42.7. The van der Waals surface area contributed by atoms with Gasteiger partial charge in [0.15, 0.2) is 0 Å². The van der Waals surface area contributed by atoms with E-state index in [-0.39, 0.29) is 17.9 Å². The maximum absolute atomic E-state index is 12.4. The molecule has 2 N–H and O–H groups in total. The SMILES string of the molecule is CC(C)(C)OC(=O)N1CCC(NC(=O)Nc2ccc(OS(=O)(=O)F)cc2)CC1. The third kappa shape index (κ3) is 7.59. The molecule has 0 aliphatic carbocycles. The van der Waals surface area contributed by atoms with E-state index in [1.165, 1.54) is 24.3 Å². The Morgan fingerprint density at radius 1 is 1.14 bits per heavy atom. The van der Waals surface area contributed by atoms with Gasteiger partial charge in [0, 0.05) is 24.8 Å². The molecule has 1 aliphatic rings. The molecule has 1 aromatic carbocycles. The smallest absolute Gasteiger partial charge is 0.444 e. The van der Waals surface area contributed by atoms with Crippen LogP contribution in [0.25, 0.3) is 0 Å². The fourth-order valence-electron chi connectivity index (χ4n) is 2.59. The van der Waals surface area contributed by atoms with Gasteiger partial charge < -0.3 is 24.5 Å². The van der Waals surface area contributed by atoms with Crippen molar-refractivity contribution in [3.05, 3.63) is 24.3 Å². The predicted octanol–water partition coefficient (Wildman–Crippen LogP) is 2.80. The summed E-state index contributed by atoms with van der Waals surface area (Å²) in [6.45, 7) is 6.36. The number of urea groups is 1. The predicted molar refractivity (Wildman–Crippen MR) is 100 cm³/mol. The van der Waals surface area contributed by atoms with Crippen LogP contribution < -0.4 is 14.8 Å². The second-order valence-corrected chi connectivity index (χ2v) is 8.29. The van der Waals surface area contributed by atoms with Gasteiger partial charge in [-0.05, 0) is 57.9 Å². The van der Waals surface area contributed by atoms with Gasteiger partial charge in [0.25, 0.3) is 0 Å². The summed E-state index contributed by atoms with van der Waals surface area (Å²) in [7, 11) is -5.09. The summed E-state index contributed by atoms with van der Waals surface area (Å²) in [5.74, 6) is -0.206. The van der Waals surface area contributed by atoms with Crippen molar-refractivity contribution in [1.29, 1.82) is 0 Å². The first-order chi connectivity index (χ1) is 12.9. The average Bonchev–Trinajstić information content (AvgIpc) is 2.54. The Hall–Kier alpha value is -2.56. The van der Waals surface area contributed by atoms with Crippen LogP contribution in [0.2, 0.25) is 0 Å². The second-order valence-electron chi connectivity index (χ2n) is 7.34. The third-order valence-corrected chi connectivity index (χ3v) is 4.18. The number of hydrogen-bond acceptors (Lipinski definition) is 6. The minimum absolute atomic E-state index is 0.0991. The maximum atomic E-state index is 12.4. The van der Waals surface area contributed by atoms with E-state index < -0.39 is 22.1 Å². The van der Waals surface area contributed by atoms with E-state index in [0.29, 0.717) is 31.6 Å². The Bertz CT molecular complexity index is 799. The molecule has 0 saturated carbocycles. The number of amides is 3. The second kappa shape index (κ2) is 8.63. The van der Waals surface area contributed by atoms with Crippen LogP contribution in [-0.2, 0) is 15.2 Å². The fourth-order valence-corrected chi connectivity index (χ4v) is 2.94. The molecule has 1 saturated heterocycles. The number of nitrogens with one attached hydrogen (secondary N) is 2. The molecule has 0 bridgehead atoms. The van der Waals surface area contributed by atoms with Gasteiger partial charge in [0.1, 0.15) is 11.4 Å². The average molecular weight is 417 g/mol. The van der Waals surface area contributed by atoms with Crippen molar-refractivity contribution in [3.63, 3.8) is 0 Å². The minimum Gasteiger partial charge on any atom is -0.444 e. The molecule has 0 radical (unpaired) electrons. The Balaban J connectivity index is 1.78. The monoisotopic (exact) mass is 417 g/mol. The number of rotatable bonds is 4. The Morgan fingerprint density at radius 3 is 2.21 bits per heavy atom. The lowest BCUT2D eigenvalue weighted by Crippen LogP contribution is -2.48. The van der Waals surface area contributed by atoms with Crippen molar-refractivity contribution in [2.45, 2.75) is 45.3 Å². The minimum atomic E-state index is -5.09. The molecule has 0 unspecified atom stereocenters. The molecule has 3 amide bonds. The van der Waals surface area contributed by atoms with E-state index in [1.807, 2.05) is 0 Å². The van der Waals surface area contributed by atoms with Crippen molar-refractivity contribution in [2.24, 2.45) is 0 Å². The highest BCUT2D eigenvalue weighted by molar-refractivity contribution is 7.81. The van der Waals surface area contributed by atoms with E-state index in [1.54, 1.807) is 25.7 Å². The molecule has 1 aromatic rings. The zero-order valence-corrected chi connectivity index (χ0v) is 16.7. The highest BCUT2D eigenvalue weighted by atomic mass is 32.3. The lowest BCUT2D eigenvalue weighted by Gasteiger charge is -2.33. The van der Waals surface area contributed by atoms with Gasteiger partial charge in [-0.15, -0.1) is 0 Å². The van der Waals surface area contributed by atoms with Crippen LogP contribution in [0.1, 0.15) is 33.6 Å². The van der Waals surface area contributed by atoms with E-state index in [0.717, 1.165) is 0 Å². The molecule has 0 atom stereocenters. The normalized spacial score (nSPS) is 15.6. The first kappa shape index (κ1) is 21.7. The highest BCUT2D eigenvalue weighted by Crippen LogP contribution is 2.18. The molecule has 1 heterocycles. The first-order valence-corrected chi connectivity index (χ1v) is 10.0. The van der Waals surface area contributed by atoms with Crippen molar-refractivity contribution in [1.82, 2.24) is 10.2 Å². The third-order valence-electron chi connectivity index (χ3n) is 3.79. The lowest BCUT2D eigenvalue weighted by atomic mass is 10.1. The topological polar surface area (TPSA) is 114 Å². The molecular formula is C17H24FN3O6S. The Labute approximate surface area is 163 Å². The van der Waals surface area contributed by atoms with Gasteiger partial charge in [0.05, 0.1) is 0 Å². The van der Waals surface area contributed by atoms with Crippen molar-refractivity contribution >= 4 is 28.3 Å². The molecule has 1 fully saturated rings. The number of hydrogen-bond donors (Lipinski definition) is 2. The van der Waals surface area contributed by atoms with Gasteiger partial charge in [-0.1, -0.05) is 3.89 Å². The zero-order chi connectivity index (χ0) is 20.9. The number of carbonyl (C=O) groups excluding carboxylic acids is 2. The van der Waals surface area contributed by atoms with Crippen LogP contribution in [-0.4, -0.2) is 50.2 Å². The number of anilines is 1. The Morgan fingerprint density at radius 2 is 1.71 bits per heavy atom. The number of likely N-dealkylation sites (tertiary alicyclic amines) is 1. The molecule has 28 heavy (non-hydrogen) atoms. The number of ether oxygens (including phenoxy) is 1. The van der Waals surface area contributed by atoms with E-state index in [4.69, 9.17) is 4.74 Å². The maximum Gasteiger partial charge on any atom is 0.488 e. The van der Waals surface area contributed by atoms with Gasteiger partial charge in [-0.25, -0.2) is 9.59 Å². The summed E-state index contributed by atoms with van der Waals surface area (Å²) in [5, 5.41) is 5.40. The highest BCUT2D eigenvalue weighted by Gasteiger charge is 2.27. The molecule has 0 spiro atoms. The molecule has 156 valence electrons. The molecule has 0 aromatic heterocycles. The van der Waals surface area contributed by atoms with Crippen molar-refractivity contribution in [2.75, 3.05) is 18.4 Å². The van der Waals surface area contributed by atoms with Crippen LogP contribution in [0.5, 0.6) is 5.75 Å². The van der Waals surface area contributed by atoms with Crippen LogP contribution >= 0.6 is 0 Å². The zero-order valence-electron chi connectivity index (χ0n) is 15.9. The van der Waals surface area contributed by atoms with Gasteiger partial charge in [-0.3, -0.25) is 0 Å². The fraction of sp³-hybridized carbons (Fsp3) is 0.529. The quantitative estimate of drug-likeness (QED) is 0.728. The van der Waals surface area contributed by atoms with Gasteiger partial charge in [0.2, 0.25) is 0 Å². The van der Waals surface area contributed by atoms with Crippen LogP contribution in [0.4, 0.5) is 19.2 Å². The largest absolute Gasteiger partial charge is 0.488 e. The van der Waals surface area contributed by atoms with Crippen molar-refractivity contribution < 1.29 is 30.8 Å². The van der Waals surface area contributed by atoms with E-state index in [9.17, 15) is 21.9 Å².